The van der Waals surface area contributed by atoms with Gasteiger partial charge >= 0.3 is 5.97 Å². The van der Waals surface area contributed by atoms with Gasteiger partial charge in [-0.05, 0) is 31.2 Å². The van der Waals surface area contributed by atoms with Gasteiger partial charge in [-0.25, -0.2) is 0 Å². The Kier molecular flexibility index (Phi) is 8.44. The Morgan fingerprint density at radius 1 is 1.07 bits per heavy atom. The molecule has 0 spiro atoms. The minimum atomic E-state index is -0.716. The maximum absolute atomic E-state index is 12.4. The van der Waals surface area contributed by atoms with Gasteiger partial charge in [-0.2, -0.15) is 0 Å². The van der Waals surface area contributed by atoms with Crippen molar-refractivity contribution in [1.29, 1.82) is 0 Å². The molecule has 7 heteroatoms. The van der Waals surface area contributed by atoms with Gasteiger partial charge in [-0.15, -0.1) is 6.58 Å². The monoisotopic (exact) mass is 396 g/mol. The zero-order chi connectivity index (χ0) is 21.1. The zero-order valence-corrected chi connectivity index (χ0v) is 16.3. The van der Waals surface area contributed by atoms with Crippen LogP contribution < -0.4 is 15.0 Å². The third-order valence-electron chi connectivity index (χ3n) is 3.86. The fourth-order valence-corrected chi connectivity index (χ4v) is 2.54. The number of hydrogen-bond acceptors (Lipinski definition) is 5. The molecule has 29 heavy (non-hydrogen) atoms. The predicted molar refractivity (Wildman–Crippen MR) is 110 cm³/mol. The number of esters is 1. The van der Waals surface area contributed by atoms with Gasteiger partial charge in [0.2, 0.25) is 0 Å². The molecule has 1 N–H and O–H groups in total. The van der Waals surface area contributed by atoms with E-state index in [1.165, 1.54) is 4.90 Å². The van der Waals surface area contributed by atoms with Crippen LogP contribution in [-0.4, -0.2) is 44.1 Å². The summed E-state index contributed by atoms with van der Waals surface area (Å²) in [4.78, 5) is 38.1. The highest BCUT2D eigenvalue weighted by molar-refractivity contribution is 5.99. The first kappa shape index (κ1) is 21.7. The Bertz CT molecular complexity index is 851. The lowest BCUT2D eigenvalue weighted by Crippen LogP contribution is -2.37. The zero-order valence-electron chi connectivity index (χ0n) is 16.3. The molecule has 0 atom stereocenters. The van der Waals surface area contributed by atoms with Crippen LogP contribution in [0.25, 0.3) is 0 Å². The predicted octanol–water partition coefficient (Wildman–Crippen LogP) is 2.58. The fourth-order valence-electron chi connectivity index (χ4n) is 2.54. The topological polar surface area (TPSA) is 84.9 Å². The largest absolute Gasteiger partial charge is 0.493 e. The maximum atomic E-state index is 12.4. The van der Waals surface area contributed by atoms with Crippen molar-refractivity contribution in [1.82, 2.24) is 5.32 Å². The van der Waals surface area contributed by atoms with Gasteiger partial charge in [0.05, 0.1) is 12.2 Å². The van der Waals surface area contributed by atoms with Gasteiger partial charge in [0.15, 0.2) is 6.61 Å². The average molecular weight is 396 g/mol. The second-order valence-corrected chi connectivity index (χ2v) is 5.90. The minimum Gasteiger partial charge on any atom is -0.493 e. The van der Waals surface area contributed by atoms with E-state index in [1.54, 1.807) is 54.6 Å². The van der Waals surface area contributed by atoms with Crippen LogP contribution in [-0.2, 0) is 14.3 Å². The van der Waals surface area contributed by atoms with Gasteiger partial charge in [0, 0.05) is 12.2 Å². The van der Waals surface area contributed by atoms with Gasteiger partial charge < -0.3 is 19.7 Å². The molecule has 0 bridgehead atoms. The lowest BCUT2D eigenvalue weighted by atomic mass is 10.2. The number of benzene rings is 2. The van der Waals surface area contributed by atoms with Crippen molar-refractivity contribution >= 4 is 23.5 Å². The summed E-state index contributed by atoms with van der Waals surface area (Å²) in [5, 5.41) is 2.47. The summed E-state index contributed by atoms with van der Waals surface area (Å²) in [5.41, 5.74) is 0.994. The van der Waals surface area contributed by atoms with Crippen LogP contribution in [0.3, 0.4) is 0 Å². The highest BCUT2D eigenvalue weighted by Gasteiger charge is 2.17. The minimum absolute atomic E-state index is 0.283. The van der Waals surface area contributed by atoms with Gasteiger partial charge in [0.25, 0.3) is 11.8 Å². The van der Waals surface area contributed by atoms with E-state index in [4.69, 9.17) is 9.47 Å². The molecule has 0 heterocycles. The first-order valence-corrected chi connectivity index (χ1v) is 9.18. The molecule has 0 saturated carbocycles. The molecule has 0 unspecified atom stereocenters. The summed E-state index contributed by atoms with van der Waals surface area (Å²) >= 11 is 0. The van der Waals surface area contributed by atoms with E-state index in [0.29, 0.717) is 23.6 Å². The third-order valence-corrected chi connectivity index (χ3v) is 3.86. The molecule has 7 nitrogen and oxygen atoms in total. The van der Waals surface area contributed by atoms with Crippen LogP contribution in [0.4, 0.5) is 5.69 Å². The van der Waals surface area contributed by atoms with E-state index in [0.717, 1.165) is 0 Å². The van der Waals surface area contributed by atoms with Gasteiger partial charge in [-0.1, -0.05) is 36.4 Å². The van der Waals surface area contributed by atoms with Gasteiger partial charge in [0.1, 0.15) is 12.3 Å². The summed E-state index contributed by atoms with van der Waals surface area (Å²) in [6, 6.07) is 15.7. The number of nitrogens with zero attached hydrogens (tertiary/aromatic N) is 1. The summed E-state index contributed by atoms with van der Waals surface area (Å²) in [5.74, 6) is -1.14. The Morgan fingerprint density at radius 2 is 1.76 bits per heavy atom. The number of anilines is 1. The second-order valence-electron chi connectivity index (χ2n) is 5.90. The highest BCUT2D eigenvalue weighted by atomic mass is 16.5. The summed E-state index contributed by atoms with van der Waals surface area (Å²) in [6.07, 6.45) is 1.59. The molecule has 0 aliphatic rings. The second kappa shape index (κ2) is 11.3. The van der Waals surface area contributed by atoms with Crippen molar-refractivity contribution in [2.45, 2.75) is 6.92 Å². The van der Waals surface area contributed by atoms with E-state index < -0.39 is 24.4 Å². The normalized spacial score (nSPS) is 9.97. The highest BCUT2D eigenvalue weighted by Crippen LogP contribution is 2.17. The first-order chi connectivity index (χ1) is 14.1. The first-order valence-electron chi connectivity index (χ1n) is 9.18. The number of ether oxygens (including phenoxy) is 2. The van der Waals surface area contributed by atoms with Gasteiger partial charge in [-0.3, -0.25) is 14.4 Å². The molecule has 2 amide bonds. The molecule has 0 fully saturated rings. The van der Waals surface area contributed by atoms with Crippen LogP contribution >= 0.6 is 0 Å². The van der Waals surface area contributed by atoms with Crippen molar-refractivity contribution in [3.8, 4) is 5.75 Å². The number of nitrogens with one attached hydrogen (secondary N) is 1. The van der Waals surface area contributed by atoms with E-state index in [1.807, 2.05) is 13.0 Å². The Hall–Kier alpha value is -3.61. The lowest BCUT2D eigenvalue weighted by molar-refractivity contribution is -0.146. The summed E-state index contributed by atoms with van der Waals surface area (Å²) in [7, 11) is 0. The molecule has 0 aliphatic carbocycles. The molecule has 0 saturated heterocycles. The molecule has 2 aromatic rings. The molecule has 2 aromatic carbocycles. The quantitative estimate of drug-likeness (QED) is 0.493. The lowest BCUT2D eigenvalue weighted by Gasteiger charge is -2.21. The Labute approximate surface area is 169 Å². The molecule has 0 aliphatic heterocycles. The smallest absolute Gasteiger partial charge is 0.325 e. The molecule has 0 aromatic heterocycles. The van der Waals surface area contributed by atoms with Crippen LogP contribution in [0.5, 0.6) is 5.75 Å². The van der Waals surface area contributed by atoms with E-state index in [9.17, 15) is 14.4 Å². The number of hydrogen-bond donors (Lipinski definition) is 1. The molecule has 152 valence electrons. The van der Waals surface area contributed by atoms with Crippen molar-refractivity contribution in [3.05, 3.63) is 72.8 Å². The van der Waals surface area contributed by atoms with E-state index in [-0.39, 0.29) is 13.1 Å². The molecule has 2 rings (SSSR count). The average Bonchev–Trinajstić information content (AvgIpc) is 2.75. The molecule has 0 radical (unpaired) electrons. The van der Waals surface area contributed by atoms with E-state index in [2.05, 4.69) is 11.9 Å². The Balaban J connectivity index is 1.87. The number of rotatable bonds is 10. The fraction of sp³-hybridized carbons (Fsp3) is 0.227. The molecular formula is C22H24N2O5. The Morgan fingerprint density at radius 3 is 2.45 bits per heavy atom. The summed E-state index contributed by atoms with van der Waals surface area (Å²) < 4.78 is 10.4. The maximum Gasteiger partial charge on any atom is 0.325 e. The van der Waals surface area contributed by atoms with Crippen LogP contribution in [0.15, 0.2) is 67.3 Å². The van der Waals surface area contributed by atoms with Crippen LogP contribution in [0.2, 0.25) is 0 Å². The van der Waals surface area contributed by atoms with E-state index >= 15 is 0 Å². The number of carbonyl (C=O) groups is 3. The SMILES string of the molecule is C=CCN(C(=O)COC(=O)CNC(=O)c1ccccc1OCC)c1ccccc1. The third kappa shape index (κ3) is 6.49. The van der Waals surface area contributed by atoms with Crippen molar-refractivity contribution < 1.29 is 23.9 Å². The number of amides is 2. The van der Waals surface area contributed by atoms with Crippen LogP contribution in [0.1, 0.15) is 17.3 Å². The summed E-state index contributed by atoms with van der Waals surface area (Å²) in [6.45, 7) is 5.35. The number of carbonyl (C=O) groups excluding carboxylic acids is 3. The number of para-hydroxylation sites is 2. The van der Waals surface area contributed by atoms with Crippen molar-refractivity contribution in [3.63, 3.8) is 0 Å². The van der Waals surface area contributed by atoms with Crippen LogP contribution in [0, 0.1) is 0 Å². The van der Waals surface area contributed by atoms with Crippen molar-refractivity contribution in [2.24, 2.45) is 0 Å². The standard InChI is InChI=1S/C22H24N2O5/c1-3-14-24(17-10-6-5-7-11-17)20(25)16-29-21(26)15-23-22(27)18-12-8-9-13-19(18)28-4-2/h3,5-13H,1,4,14-16H2,2H3,(H,23,27). The molecular weight excluding hydrogens is 372 g/mol. The van der Waals surface area contributed by atoms with Crippen molar-refractivity contribution in [2.75, 3.05) is 31.2 Å².